The molecule has 3 heterocycles. The number of hydrogen-bond donors (Lipinski definition) is 0. The zero-order chi connectivity index (χ0) is 22.3. The second-order valence-electron chi connectivity index (χ2n) is 8.91. The van der Waals surface area contributed by atoms with E-state index in [1.54, 1.807) is 16.7 Å². The summed E-state index contributed by atoms with van der Waals surface area (Å²) in [5, 5.41) is 8.96. The van der Waals surface area contributed by atoms with E-state index >= 15 is 0 Å². The molecular formula is C22H24FN5O3. The molecule has 2 aliphatic heterocycles. The number of nitriles is 1. The quantitative estimate of drug-likeness (QED) is 0.746. The molecule has 0 aliphatic carbocycles. The largest absolute Gasteiger partial charge is 0.473 e. The molecule has 8 nitrogen and oxygen atoms in total. The number of ether oxygens (including phenoxy) is 1. The van der Waals surface area contributed by atoms with Gasteiger partial charge >= 0.3 is 5.69 Å². The van der Waals surface area contributed by atoms with Crippen LogP contribution in [0.25, 0.3) is 0 Å². The number of amides is 1. The Bertz CT molecular complexity index is 1130. The summed E-state index contributed by atoms with van der Waals surface area (Å²) in [5.41, 5.74) is -0.313. The fourth-order valence-electron chi connectivity index (χ4n) is 4.04. The van der Waals surface area contributed by atoms with E-state index in [4.69, 9.17) is 10.00 Å². The molecule has 1 amide bonds. The van der Waals surface area contributed by atoms with Gasteiger partial charge in [0, 0.05) is 31.1 Å². The van der Waals surface area contributed by atoms with Crippen LogP contribution in [0.15, 0.2) is 29.1 Å². The van der Waals surface area contributed by atoms with Gasteiger partial charge in [-0.3, -0.25) is 9.36 Å². The molecule has 1 aromatic heterocycles. The van der Waals surface area contributed by atoms with E-state index in [1.807, 2.05) is 25.7 Å². The van der Waals surface area contributed by atoms with Gasteiger partial charge in [-0.05, 0) is 17.7 Å². The molecule has 1 aromatic carbocycles. The van der Waals surface area contributed by atoms with Gasteiger partial charge in [-0.25, -0.2) is 9.18 Å². The highest BCUT2D eigenvalue weighted by atomic mass is 19.1. The summed E-state index contributed by atoms with van der Waals surface area (Å²) in [6.45, 7) is 8.02. The summed E-state index contributed by atoms with van der Waals surface area (Å²) < 4.78 is 20.8. The highest BCUT2D eigenvalue weighted by Gasteiger charge is 2.39. The van der Waals surface area contributed by atoms with Crippen molar-refractivity contribution >= 4 is 11.7 Å². The number of aromatic nitrogens is 2. The molecule has 31 heavy (non-hydrogen) atoms. The standard InChI is InChI=1S/C22H24FN5O3/c1-22(2,3)20(29)26-6-7-27-16(11-26)12-28-19(27)9-18(25-21(28)30)31-13-14-4-5-17(23)15(8-14)10-24/h4-5,8-9,16H,6-7,11-13H2,1-3H3. The Morgan fingerprint density at radius 1 is 1.29 bits per heavy atom. The summed E-state index contributed by atoms with van der Waals surface area (Å²) in [6.07, 6.45) is 0. The Balaban J connectivity index is 1.50. The number of nitrogens with zero attached hydrogens (tertiary/aromatic N) is 5. The van der Waals surface area contributed by atoms with E-state index in [1.165, 1.54) is 18.2 Å². The van der Waals surface area contributed by atoms with Crippen LogP contribution in [-0.4, -0.2) is 46.0 Å². The number of carbonyl (C=O) groups excluding carboxylic acids is 1. The molecule has 0 radical (unpaired) electrons. The van der Waals surface area contributed by atoms with Crippen LogP contribution in [-0.2, 0) is 17.9 Å². The van der Waals surface area contributed by atoms with Crippen molar-refractivity contribution in [1.82, 2.24) is 14.5 Å². The average Bonchev–Trinajstić information content (AvgIpc) is 3.10. The summed E-state index contributed by atoms with van der Waals surface area (Å²) >= 11 is 0. The molecule has 0 bridgehead atoms. The third kappa shape index (κ3) is 3.98. The number of halogens is 1. The number of benzene rings is 1. The van der Waals surface area contributed by atoms with Crippen molar-refractivity contribution in [3.8, 4) is 11.9 Å². The van der Waals surface area contributed by atoms with E-state index < -0.39 is 16.9 Å². The first kappa shape index (κ1) is 20.8. The maximum Gasteiger partial charge on any atom is 0.352 e. The average molecular weight is 425 g/mol. The van der Waals surface area contributed by atoms with Gasteiger partial charge in [0.15, 0.2) is 0 Å². The van der Waals surface area contributed by atoms with Crippen LogP contribution >= 0.6 is 0 Å². The Labute approximate surface area is 179 Å². The van der Waals surface area contributed by atoms with Crippen LogP contribution in [0.5, 0.6) is 5.88 Å². The molecule has 0 N–H and O–H groups in total. The second-order valence-corrected chi connectivity index (χ2v) is 8.91. The van der Waals surface area contributed by atoms with Gasteiger partial charge in [0.05, 0.1) is 18.2 Å². The maximum absolute atomic E-state index is 13.5. The van der Waals surface area contributed by atoms with Crippen LogP contribution in [0.4, 0.5) is 10.2 Å². The number of rotatable bonds is 3. The van der Waals surface area contributed by atoms with Crippen molar-refractivity contribution in [2.24, 2.45) is 5.41 Å². The monoisotopic (exact) mass is 425 g/mol. The lowest BCUT2D eigenvalue weighted by atomic mass is 9.94. The molecule has 1 saturated heterocycles. The summed E-state index contributed by atoms with van der Waals surface area (Å²) in [5.74, 6) is 0.413. The molecule has 0 spiro atoms. The van der Waals surface area contributed by atoms with Crippen LogP contribution in [0.3, 0.4) is 0 Å². The van der Waals surface area contributed by atoms with Crippen molar-refractivity contribution in [2.75, 3.05) is 24.5 Å². The summed E-state index contributed by atoms with van der Waals surface area (Å²) in [7, 11) is 0. The number of fused-ring (bicyclic) bond motifs is 3. The normalized spacial score (nSPS) is 17.7. The zero-order valence-corrected chi connectivity index (χ0v) is 17.8. The number of piperazine rings is 1. The fourth-order valence-corrected chi connectivity index (χ4v) is 4.04. The minimum atomic E-state index is -0.588. The smallest absolute Gasteiger partial charge is 0.352 e. The van der Waals surface area contributed by atoms with Crippen LogP contribution in [0, 0.1) is 22.6 Å². The van der Waals surface area contributed by atoms with Crippen molar-refractivity contribution in [3.05, 3.63) is 51.7 Å². The third-order valence-corrected chi connectivity index (χ3v) is 5.60. The van der Waals surface area contributed by atoms with Crippen LogP contribution < -0.4 is 15.3 Å². The molecule has 1 unspecified atom stereocenters. The minimum absolute atomic E-state index is 0.0140. The number of carbonyl (C=O) groups is 1. The van der Waals surface area contributed by atoms with E-state index in [0.717, 1.165) is 5.82 Å². The fraction of sp³-hybridized carbons (Fsp3) is 0.455. The van der Waals surface area contributed by atoms with E-state index in [2.05, 4.69) is 9.88 Å². The first-order chi connectivity index (χ1) is 14.7. The number of anilines is 1. The van der Waals surface area contributed by atoms with Crippen molar-refractivity contribution in [3.63, 3.8) is 0 Å². The van der Waals surface area contributed by atoms with Crippen molar-refractivity contribution < 1.29 is 13.9 Å². The molecular weight excluding hydrogens is 401 g/mol. The highest BCUT2D eigenvalue weighted by molar-refractivity contribution is 5.82. The SMILES string of the molecule is CC(C)(C)C(=O)N1CCN2c3cc(OCc4ccc(F)c(C#N)c4)nc(=O)n3CC2C1. The van der Waals surface area contributed by atoms with E-state index in [9.17, 15) is 14.0 Å². The molecule has 9 heteroatoms. The molecule has 1 atom stereocenters. The van der Waals surface area contributed by atoms with Crippen molar-refractivity contribution in [1.29, 1.82) is 5.26 Å². The minimum Gasteiger partial charge on any atom is -0.473 e. The zero-order valence-electron chi connectivity index (χ0n) is 17.8. The Kier molecular flexibility index (Phi) is 5.17. The van der Waals surface area contributed by atoms with Gasteiger partial charge in [0.1, 0.15) is 24.3 Å². The van der Waals surface area contributed by atoms with Gasteiger partial charge in [0.2, 0.25) is 11.8 Å². The topological polar surface area (TPSA) is 91.5 Å². The van der Waals surface area contributed by atoms with Gasteiger partial charge < -0.3 is 14.5 Å². The molecule has 2 aromatic rings. The van der Waals surface area contributed by atoms with E-state index in [-0.39, 0.29) is 30.0 Å². The summed E-state index contributed by atoms with van der Waals surface area (Å²) in [6, 6.07) is 7.68. The molecule has 2 aliphatic rings. The lowest BCUT2D eigenvalue weighted by molar-refractivity contribution is -0.140. The van der Waals surface area contributed by atoms with Gasteiger partial charge in [-0.1, -0.05) is 26.8 Å². The Hall–Kier alpha value is -3.41. The summed E-state index contributed by atoms with van der Waals surface area (Å²) in [4.78, 5) is 33.2. The first-order valence-electron chi connectivity index (χ1n) is 10.2. The molecule has 0 saturated carbocycles. The predicted molar refractivity (Wildman–Crippen MR) is 111 cm³/mol. The van der Waals surface area contributed by atoms with Gasteiger partial charge in [-0.2, -0.15) is 10.2 Å². The van der Waals surface area contributed by atoms with E-state index in [0.29, 0.717) is 31.7 Å². The molecule has 1 fully saturated rings. The second kappa shape index (κ2) is 7.69. The lowest BCUT2D eigenvalue weighted by Crippen LogP contribution is -2.55. The van der Waals surface area contributed by atoms with Gasteiger partial charge in [-0.15, -0.1) is 0 Å². The maximum atomic E-state index is 13.5. The van der Waals surface area contributed by atoms with Crippen LogP contribution in [0.2, 0.25) is 0 Å². The predicted octanol–water partition coefficient (Wildman–Crippen LogP) is 1.91. The third-order valence-electron chi connectivity index (χ3n) is 5.60. The molecule has 162 valence electrons. The van der Waals surface area contributed by atoms with Crippen LogP contribution in [0.1, 0.15) is 31.9 Å². The Morgan fingerprint density at radius 3 is 2.77 bits per heavy atom. The highest BCUT2D eigenvalue weighted by Crippen LogP contribution is 2.30. The lowest BCUT2D eigenvalue weighted by Gasteiger charge is -2.40. The number of hydrogen-bond acceptors (Lipinski definition) is 6. The Morgan fingerprint density at radius 2 is 2.06 bits per heavy atom. The van der Waals surface area contributed by atoms with Crippen molar-refractivity contribution in [2.45, 2.75) is 40.0 Å². The first-order valence-corrected chi connectivity index (χ1v) is 10.2. The molecule has 4 rings (SSSR count). The van der Waals surface area contributed by atoms with Gasteiger partial charge in [0.25, 0.3) is 0 Å².